The Morgan fingerprint density at radius 3 is 2.48 bits per heavy atom. The van der Waals surface area contributed by atoms with Crippen molar-refractivity contribution in [3.05, 3.63) is 48.0 Å². The van der Waals surface area contributed by atoms with Gasteiger partial charge in [-0.15, -0.1) is 6.58 Å². The zero-order chi connectivity index (χ0) is 15.8. The first-order valence-corrected chi connectivity index (χ1v) is 6.89. The number of carboxylic acids is 1. The number of hydrogen-bond acceptors (Lipinski definition) is 2. The van der Waals surface area contributed by atoms with Crippen molar-refractivity contribution in [3.63, 3.8) is 0 Å². The Bertz CT molecular complexity index is 512. The monoisotopic (exact) mass is 290 g/mol. The van der Waals surface area contributed by atoms with Gasteiger partial charge in [-0.05, 0) is 25.0 Å². The molecule has 0 aliphatic carbocycles. The lowest BCUT2D eigenvalue weighted by atomic mass is 10.0. The summed E-state index contributed by atoms with van der Waals surface area (Å²) in [6.45, 7) is 8.29. The van der Waals surface area contributed by atoms with E-state index in [1.54, 1.807) is 23.1 Å². The average Bonchev–Trinajstić information content (AvgIpc) is 2.42. The van der Waals surface area contributed by atoms with Gasteiger partial charge in [0.2, 0.25) is 0 Å². The molecular formula is C16H22N2O3. The van der Waals surface area contributed by atoms with Crippen LogP contribution in [0.15, 0.2) is 36.9 Å². The van der Waals surface area contributed by atoms with Gasteiger partial charge in [-0.25, -0.2) is 4.79 Å². The summed E-state index contributed by atoms with van der Waals surface area (Å²) in [4.78, 5) is 24.6. The summed E-state index contributed by atoms with van der Waals surface area (Å²) in [5.41, 5.74) is 1.53. The van der Waals surface area contributed by atoms with Gasteiger partial charge in [0.05, 0.1) is 6.42 Å². The second-order valence-corrected chi connectivity index (χ2v) is 5.03. The van der Waals surface area contributed by atoms with Crippen molar-refractivity contribution in [1.82, 2.24) is 10.2 Å². The molecule has 0 radical (unpaired) electrons. The molecule has 0 heterocycles. The van der Waals surface area contributed by atoms with Crippen LogP contribution >= 0.6 is 0 Å². The lowest BCUT2D eigenvalue weighted by Crippen LogP contribution is -2.43. The number of benzene rings is 1. The van der Waals surface area contributed by atoms with E-state index >= 15 is 0 Å². The summed E-state index contributed by atoms with van der Waals surface area (Å²) < 4.78 is 0. The van der Waals surface area contributed by atoms with Crippen molar-refractivity contribution in [2.24, 2.45) is 0 Å². The maximum absolute atomic E-state index is 12.1. The molecule has 114 valence electrons. The van der Waals surface area contributed by atoms with Crippen LogP contribution in [0, 0.1) is 0 Å². The highest BCUT2D eigenvalue weighted by Gasteiger charge is 2.15. The molecule has 0 bridgehead atoms. The van der Waals surface area contributed by atoms with Crippen molar-refractivity contribution in [1.29, 1.82) is 0 Å². The van der Waals surface area contributed by atoms with E-state index < -0.39 is 5.97 Å². The number of urea groups is 1. The molecule has 0 saturated heterocycles. The molecule has 0 aliphatic heterocycles. The van der Waals surface area contributed by atoms with Gasteiger partial charge in [0.1, 0.15) is 0 Å². The van der Waals surface area contributed by atoms with E-state index in [1.165, 1.54) is 0 Å². The molecule has 21 heavy (non-hydrogen) atoms. The predicted molar refractivity (Wildman–Crippen MR) is 82.1 cm³/mol. The van der Waals surface area contributed by atoms with E-state index in [4.69, 9.17) is 5.11 Å². The third-order valence-corrected chi connectivity index (χ3v) is 3.10. The van der Waals surface area contributed by atoms with Crippen molar-refractivity contribution in [2.75, 3.05) is 6.54 Å². The third kappa shape index (κ3) is 5.30. The lowest BCUT2D eigenvalue weighted by Gasteiger charge is -2.25. The van der Waals surface area contributed by atoms with Crippen LogP contribution in [-0.2, 0) is 17.8 Å². The quantitative estimate of drug-likeness (QED) is 0.758. The van der Waals surface area contributed by atoms with Crippen LogP contribution in [0.25, 0.3) is 0 Å². The summed E-state index contributed by atoms with van der Waals surface area (Å²) in [5.74, 6) is -0.885. The molecule has 1 aromatic carbocycles. The van der Waals surface area contributed by atoms with Gasteiger partial charge >= 0.3 is 12.0 Å². The Kier molecular flexibility index (Phi) is 6.46. The molecule has 5 nitrogen and oxygen atoms in total. The fourth-order valence-corrected chi connectivity index (χ4v) is 2.01. The van der Waals surface area contributed by atoms with E-state index in [2.05, 4.69) is 11.9 Å². The maximum Gasteiger partial charge on any atom is 0.318 e. The molecule has 0 aromatic heterocycles. The fourth-order valence-electron chi connectivity index (χ4n) is 2.01. The summed E-state index contributed by atoms with van der Waals surface area (Å²) in [6.07, 6.45) is 1.63. The second kappa shape index (κ2) is 8.09. The minimum absolute atomic E-state index is 0.0490. The summed E-state index contributed by atoms with van der Waals surface area (Å²) in [7, 11) is 0. The van der Waals surface area contributed by atoms with Crippen LogP contribution < -0.4 is 5.32 Å². The third-order valence-electron chi connectivity index (χ3n) is 3.10. The Morgan fingerprint density at radius 1 is 1.33 bits per heavy atom. The second-order valence-electron chi connectivity index (χ2n) is 5.03. The molecule has 1 rings (SSSR count). The highest BCUT2D eigenvalue weighted by molar-refractivity contribution is 5.75. The fraction of sp³-hybridized carbons (Fsp3) is 0.375. The van der Waals surface area contributed by atoms with Gasteiger partial charge in [-0.1, -0.05) is 30.3 Å². The van der Waals surface area contributed by atoms with Crippen LogP contribution in [0.4, 0.5) is 4.79 Å². The van der Waals surface area contributed by atoms with E-state index in [0.29, 0.717) is 18.7 Å². The standard InChI is InChI=1S/C16H22N2O3/c1-4-9-18(12(2)3)16(21)17-11-14-8-6-5-7-13(14)10-15(19)20/h4-8,12H,1,9-11H2,2-3H3,(H,17,21)(H,19,20). The Morgan fingerprint density at radius 2 is 1.95 bits per heavy atom. The number of amides is 2. The van der Waals surface area contributed by atoms with Crippen LogP contribution in [0.3, 0.4) is 0 Å². The van der Waals surface area contributed by atoms with Gasteiger partial charge in [0, 0.05) is 19.1 Å². The van der Waals surface area contributed by atoms with Gasteiger partial charge < -0.3 is 15.3 Å². The van der Waals surface area contributed by atoms with Crippen molar-refractivity contribution in [3.8, 4) is 0 Å². The van der Waals surface area contributed by atoms with Crippen molar-refractivity contribution < 1.29 is 14.7 Å². The van der Waals surface area contributed by atoms with E-state index in [-0.39, 0.29) is 18.5 Å². The van der Waals surface area contributed by atoms with Crippen LogP contribution in [0.1, 0.15) is 25.0 Å². The summed E-state index contributed by atoms with van der Waals surface area (Å²) in [5, 5.41) is 11.7. The highest BCUT2D eigenvalue weighted by Crippen LogP contribution is 2.10. The molecule has 0 fully saturated rings. The lowest BCUT2D eigenvalue weighted by molar-refractivity contribution is -0.136. The van der Waals surface area contributed by atoms with E-state index in [9.17, 15) is 9.59 Å². The number of nitrogens with zero attached hydrogens (tertiary/aromatic N) is 1. The first kappa shape index (κ1) is 16.8. The molecule has 0 unspecified atom stereocenters. The van der Waals surface area contributed by atoms with Gasteiger partial charge in [-0.2, -0.15) is 0 Å². The zero-order valence-electron chi connectivity index (χ0n) is 12.5. The number of carboxylic acid groups (broad SMARTS) is 1. The number of carbonyl (C=O) groups excluding carboxylic acids is 1. The minimum Gasteiger partial charge on any atom is -0.481 e. The van der Waals surface area contributed by atoms with E-state index in [1.807, 2.05) is 26.0 Å². The summed E-state index contributed by atoms with van der Waals surface area (Å²) >= 11 is 0. The summed E-state index contributed by atoms with van der Waals surface area (Å²) in [6, 6.07) is 7.09. The minimum atomic E-state index is -0.885. The molecule has 0 atom stereocenters. The molecule has 5 heteroatoms. The van der Waals surface area contributed by atoms with Gasteiger partial charge in [0.25, 0.3) is 0 Å². The van der Waals surface area contributed by atoms with Gasteiger partial charge in [0.15, 0.2) is 0 Å². The smallest absolute Gasteiger partial charge is 0.318 e. The number of nitrogens with one attached hydrogen (secondary N) is 1. The predicted octanol–water partition coefficient (Wildman–Crippen LogP) is 2.42. The van der Waals surface area contributed by atoms with Crippen molar-refractivity contribution >= 4 is 12.0 Å². The number of aliphatic carboxylic acids is 1. The molecule has 1 aromatic rings. The molecular weight excluding hydrogens is 268 g/mol. The number of carbonyl (C=O) groups is 2. The number of rotatable bonds is 7. The first-order valence-electron chi connectivity index (χ1n) is 6.89. The maximum atomic E-state index is 12.1. The number of hydrogen-bond donors (Lipinski definition) is 2. The molecule has 0 spiro atoms. The van der Waals surface area contributed by atoms with Crippen LogP contribution in [-0.4, -0.2) is 34.6 Å². The molecule has 0 aliphatic rings. The first-order chi connectivity index (χ1) is 9.95. The van der Waals surface area contributed by atoms with Crippen LogP contribution in [0.2, 0.25) is 0 Å². The topological polar surface area (TPSA) is 69.6 Å². The van der Waals surface area contributed by atoms with E-state index in [0.717, 1.165) is 5.56 Å². The largest absolute Gasteiger partial charge is 0.481 e. The molecule has 2 amide bonds. The average molecular weight is 290 g/mol. The van der Waals surface area contributed by atoms with Crippen molar-refractivity contribution in [2.45, 2.75) is 32.9 Å². The Labute approximate surface area is 125 Å². The van der Waals surface area contributed by atoms with Crippen LogP contribution in [0.5, 0.6) is 0 Å². The van der Waals surface area contributed by atoms with Gasteiger partial charge in [-0.3, -0.25) is 4.79 Å². The highest BCUT2D eigenvalue weighted by atomic mass is 16.4. The zero-order valence-corrected chi connectivity index (χ0v) is 12.5. The SMILES string of the molecule is C=CCN(C(=O)NCc1ccccc1CC(=O)O)C(C)C. The molecule has 2 N–H and O–H groups in total. The normalized spacial score (nSPS) is 10.2. The Hall–Kier alpha value is -2.30. The Balaban J connectivity index is 2.72. The molecule has 0 saturated carbocycles.